The smallest absolute Gasteiger partial charge is 0.748 e. The molecule has 1 aromatic carbocycles. The van der Waals surface area contributed by atoms with Crippen LogP contribution in [0.1, 0.15) is 13.3 Å². The van der Waals surface area contributed by atoms with Crippen molar-refractivity contribution < 1.29 is 137 Å². The van der Waals surface area contributed by atoms with E-state index < -0.39 is 37.1 Å². The molecule has 0 aromatic heterocycles. The Balaban J connectivity index is -0.000000254. The summed E-state index contributed by atoms with van der Waals surface area (Å²) >= 11 is 5.08. The van der Waals surface area contributed by atoms with Crippen molar-refractivity contribution in [3.05, 3.63) is 13.8 Å². The second-order valence-corrected chi connectivity index (χ2v) is 11.8. The Labute approximate surface area is 298 Å². The molecule has 0 saturated heterocycles. The van der Waals surface area contributed by atoms with Crippen molar-refractivity contribution >= 4 is 78.4 Å². The monoisotopic (exact) mass is 670 g/mol. The first-order valence-electron chi connectivity index (χ1n) is 8.41. The molecule has 0 radical (unpaired) electrons. The zero-order chi connectivity index (χ0) is 26.2. The molecule has 0 fully saturated rings. The third-order valence-electron chi connectivity index (χ3n) is 2.80. The average molecular weight is 671 g/mol. The Hall–Kier alpha value is 2.37. The van der Waals surface area contributed by atoms with Crippen molar-refractivity contribution in [3.8, 4) is 11.5 Å². The summed E-state index contributed by atoms with van der Waals surface area (Å²) in [6.45, 7) is 9.54. The molecule has 0 atom stereocenters. The number of aromatic hydroxyl groups is 2. The van der Waals surface area contributed by atoms with Gasteiger partial charge in [0, 0.05) is 11.5 Å². The van der Waals surface area contributed by atoms with E-state index in [2.05, 4.69) is 13.8 Å². The van der Waals surface area contributed by atoms with Gasteiger partial charge in [-0.15, -0.1) is 60.3 Å². The fraction of sp³-hybridized carbons (Fsp3) is 0.467. The van der Waals surface area contributed by atoms with Crippen LogP contribution in [0.5, 0.6) is 11.5 Å². The number of phenolic OH excluding ortho intramolecular Hbond substituents is 2. The van der Waals surface area contributed by atoms with Crippen LogP contribution in [0.15, 0.2) is 19.6 Å². The molecule has 0 bridgehead atoms. The zero-order valence-corrected chi connectivity index (χ0v) is 31.8. The van der Waals surface area contributed by atoms with Crippen LogP contribution in [-0.2, 0) is 31.3 Å². The molecule has 0 amide bonds. The molecule has 2 N–H and O–H groups in total. The van der Waals surface area contributed by atoms with Crippen molar-refractivity contribution in [1.29, 1.82) is 0 Å². The van der Waals surface area contributed by atoms with Crippen molar-refractivity contribution in [2.24, 2.45) is 0 Å². The van der Waals surface area contributed by atoms with E-state index in [4.69, 9.17) is 25.3 Å². The van der Waals surface area contributed by atoms with Gasteiger partial charge in [0.15, 0.2) is 0 Å². The number of hydrogen-bond acceptors (Lipinski definition) is 15. The van der Waals surface area contributed by atoms with Crippen LogP contribution in [0.3, 0.4) is 0 Å². The maximum atomic E-state index is 10.8. The van der Waals surface area contributed by atoms with Crippen LogP contribution < -0.4 is 88.7 Å². The van der Waals surface area contributed by atoms with E-state index in [1.807, 2.05) is 6.92 Å². The molecule has 0 saturated carbocycles. The quantitative estimate of drug-likeness (QED) is 0.0739. The van der Waals surface area contributed by atoms with Crippen LogP contribution in [0.25, 0.3) is 0 Å². The SMILES string of the molecule is O=S(=O)=O.O=S(=O)=O.[CH2-]CSc1c(O)c(SCCC)c(SCCS(=O)(=O)[O-])c(O)c1SC[CH2-].[Na+].[Na+].[Na+]. The van der Waals surface area contributed by atoms with Gasteiger partial charge in [-0.05, 0) is 12.2 Å². The van der Waals surface area contributed by atoms with Crippen molar-refractivity contribution in [2.45, 2.75) is 32.9 Å². The zero-order valence-electron chi connectivity index (χ0n) is 20.1. The van der Waals surface area contributed by atoms with Gasteiger partial charge in [-0.25, -0.2) is 8.42 Å². The van der Waals surface area contributed by atoms with E-state index in [0.29, 0.717) is 31.1 Å². The first-order valence-corrected chi connectivity index (χ1v) is 15.9. The van der Waals surface area contributed by atoms with Crippen molar-refractivity contribution in [3.63, 3.8) is 0 Å². The minimum absolute atomic E-state index is 0. The normalized spacial score (nSPS) is 9.56. The predicted octanol–water partition coefficient (Wildman–Crippen LogP) is -6.91. The molecular formula is C15H21Na3O11S7. The minimum atomic E-state index is -4.33. The largest absolute Gasteiger partial charge is 1.00 e. The molecule has 192 valence electrons. The molecular weight excluding hydrogens is 650 g/mol. The molecule has 21 heteroatoms. The van der Waals surface area contributed by atoms with E-state index >= 15 is 0 Å². The predicted molar refractivity (Wildman–Crippen MR) is 128 cm³/mol. The van der Waals surface area contributed by atoms with Crippen LogP contribution in [0.4, 0.5) is 0 Å². The minimum Gasteiger partial charge on any atom is -0.748 e. The number of benzene rings is 1. The summed E-state index contributed by atoms with van der Waals surface area (Å²) in [6.07, 6.45) is 0.872. The second-order valence-electron chi connectivity index (χ2n) is 5.08. The van der Waals surface area contributed by atoms with Gasteiger partial charge in [-0.1, -0.05) is 6.92 Å². The number of thioether (sulfide) groups is 4. The summed E-state index contributed by atoms with van der Waals surface area (Å²) in [6, 6.07) is 0. The number of phenols is 2. The van der Waals surface area contributed by atoms with E-state index in [1.165, 1.54) is 35.3 Å². The van der Waals surface area contributed by atoms with E-state index in [0.717, 1.165) is 23.9 Å². The molecule has 0 aliphatic rings. The van der Waals surface area contributed by atoms with Crippen LogP contribution in [0, 0.1) is 13.8 Å². The number of rotatable bonds is 11. The Morgan fingerprint density at radius 1 is 0.722 bits per heavy atom. The topological polar surface area (TPSA) is 200 Å². The summed E-state index contributed by atoms with van der Waals surface area (Å²) < 4.78 is 83.2. The number of hydrogen-bond donors (Lipinski definition) is 2. The Morgan fingerprint density at radius 3 is 1.25 bits per heavy atom. The van der Waals surface area contributed by atoms with Gasteiger partial charge in [0.25, 0.3) is 0 Å². The maximum absolute atomic E-state index is 10.8. The third kappa shape index (κ3) is 24.2. The third-order valence-corrected chi connectivity index (χ3v) is 8.19. The van der Waals surface area contributed by atoms with Crippen LogP contribution >= 0.6 is 47.0 Å². The van der Waals surface area contributed by atoms with Gasteiger partial charge in [0.2, 0.25) is 0 Å². The van der Waals surface area contributed by atoms with Gasteiger partial charge in [-0.3, -0.25) is 0 Å². The summed E-state index contributed by atoms with van der Waals surface area (Å²) in [5, 5.41) is 21.4. The molecule has 36 heavy (non-hydrogen) atoms. The summed E-state index contributed by atoms with van der Waals surface area (Å²) in [7, 11) is -10.6. The molecule has 0 unspecified atom stereocenters. The summed E-state index contributed by atoms with van der Waals surface area (Å²) in [5.74, 6) is 1.20. The Morgan fingerprint density at radius 2 is 1.00 bits per heavy atom. The van der Waals surface area contributed by atoms with E-state index in [9.17, 15) is 23.2 Å². The second kappa shape index (κ2) is 27.5. The first-order chi connectivity index (χ1) is 15.2. The first kappa shape index (κ1) is 48.1. The molecule has 1 aromatic rings. The van der Waals surface area contributed by atoms with Gasteiger partial charge >= 0.3 is 110 Å². The molecule has 0 spiro atoms. The van der Waals surface area contributed by atoms with Gasteiger partial charge in [0.1, 0.15) is 11.5 Å². The summed E-state index contributed by atoms with van der Waals surface area (Å²) in [4.78, 5) is 1.98. The average Bonchev–Trinajstić information content (AvgIpc) is 2.66. The van der Waals surface area contributed by atoms with E-state index in [1.54, 1.807) is 0 Å². The van der Waals surface area contributed by atoms with Crippen molar-refractivity contribution in [1.82, 2.24) is 0 Å². The van der Waals surface area contributed by atoms with Crippen LogP contribution in [0.2, 0.25) is 0 Å². The molecule has 11 nitrogen and oxygen atoms in total. The van der Waals surface area contributed by atoms with Gasteiger partial charge < -0.3 is 28.6 Å². The van der Waals surface area contributed by atoms with Crippen molar-refractivity contribution in [2.75, 3.05) is 28.8 Å². The fourth-order valence-electron chi connectivity index (χ4n) is 1.83. The Kier molecular flexibility index (Phi) is 36.8. The molecule has 1 rings (SSSR count). The van der Waals surface area contributed by atoms with E-state index in [-0.39, 0.29) is 106 Å². The summed E-state index contributed by atoms with van der Waals surface area (Å²) in [5.41, 5.74) is 0. The van der Waals surface area contributed by atoms with Gasteiger partial charge in [0.05, 0.1) is 29.7 Å². The Bertz CT molecular complexity index is 1040. The molecule has 0 aliphatic carbocycles. The van der Waals surface area contributed by atoms with Crippen LogP contribution in [-0.4, -0.2) is 77.2 Å². The maximum Gasteiger partial charge on any atom is 1.00 e. The molecule has 0 aliphatic heterocycles. The van der Waals surface area contributed by atoms with Gasteiger partial charge in [-0.2, -0.15) is 23.5 Å². The standard InChI is InChI=1S/C15H22O5S5.3Na.2O3S/c1-4-7-23-14-10(16)12(21-5-2)13(22-6-3)11(17)15(14)24-8-9-25(18,19)20;;;;2*1-4(2)3/h16-17H,2-9H2,1H3,(H,18,19,20);;;;;/q-2;3*+1;;/p-1. The fourth-order valence-corrected chi connectivity index (χ4v) is 6.70. The molecule has 0 heterocycles.